The summed E-state index contributed by atoms with van der Waals surface area (Å²) < 4.78 is 32.9. The molecule has 0 saturated carbocycles. The Kier molecular flexibility index (Phi) is 5.58. The first-order chi connectivity index (χ1) is 12.5. The minimum Gasteiger partial charge on any atom is -0.493 e. The molecule has 2 aromatic rings. The number of nitrogens with one attached hydrogen (secondary N) is 3. The van der Waals surface area contributed by atoms with Crippen LogP contribution < -0.4 is 20.1 Å². The molecule has 3 rings (SSSR count). The molecule has 0 fully saturated rings. The summed E-state index contributed by atoms with van der Waals surface area (Å²) in [4.78, 5) is 8.86. The predicted molar refractivity (Wildman–Crippen MR) is 100 cm³/mol. The third kappa shape index (κ3) is 4.41. The molecule has 1 aliphatic rings. The summed E-state index contributed by atoms with van der Waals surface area (Å²) in [6.45, 7) is 5.84. The van der Waals surface area contributed by atoms with Gasteiger partial charge in [-0.05, 0) is 37.6 Å². The zero-order valence-electron chi connectivity index (χ0n) is 14.9. The van der Waals surface area contributed by atoms with Gasteiger partial charge in [0.25, 0.3) is 0 Å². The van der Waals surface area contributed by atoms with Gasteiger partial charge in [0.05, 0.1) is 11.5 Å². The number of aromatic nitrogens is 2. The quantitative estimate of drug-likeness (QED) is 0.599. The molecule has 1 aliphatic heterocycles. The minimum atomic E-state index is -3.55. The second kappa shape index (κ2) is 7.88. The molecule has 0 amide bonds. The largest absolute Gasteiger partial charge is 0.493 e. The van der Waals surface area contributed by atoms with E-state index in [0.717, 1.165) is 30.0 Å². The summed E-state index contributed by atoms with van der Waals surface area (Å²) in [6.07, 6.45) is 0.738. The van der Waals surface area contributed by atoms with Crippen LogP contribution in [-0.4, -0.2) is 44.6 Å². The van der Waals surface area contributed by atoms with E-state index in [1.54, 1.807) is 18.2 Å². The molecule has 26 heavy (non-hydrogen) atoms. The van der Waals surface area contributed by atoms with Gasteiger partial charge < -0.3 is 15.4 Å². The highest BCUT2D eigenvalue weighted by molar-refractivity contribution is 7.89. The summed E-state index contributed by atoms with van der Waals surface area (Å²) in [7, 11) is -3.55. The molecule has 8 nitrogen and oxygen atoms in total. The highest BCUT2D eigenvalue weighted by atomic mass is 32.2. The first-order valence-corrected chi connectivity index (χ1v) is 10.0. The maximum atomic E-state index is 12.4. The van der Waals surface area contributed by atoms with Crippen molar-refractivity contribution in [2.45, 2.75) is 25.2 Å². The van der Waals surface area contributed by atoms with Crippen LogP contribution in [0.4, 0.5) is 11.8 Å². The zero-order chi connectivity index (χ0) is 18.6. The van der Waals surface area contributed by atoms with Crippen molar-refractivity contribution >= 4 is 21.8 Å². The first-order valence-electron chi connectivity index (χ1n) is 8.57. The summed E-state index contributed by atoms with van der Waals surface area (Å²) in [5, 5.41) is 6.17. The molecular formula is C17H23N5O3S. The minimum absolute atomic E-state index is 0.246. The van der Waals surface area contributed by atoms with Gasteiger partial charge in [0.15, 0.2) is 0 Å². The summed E-state index contributed by atoms with van der Waals surface area (Å²) >= 11 is 0. The van der Waals surface area contributed by atoms with Gasteiger partial charge in [-0.15, -0.1) is 0 Å². The van der Waals surface area contributed by atoms with Gasteiger partial charge in [-0.25, -0.2) is 18.1 Å². The fraction of sp³-hybridized carbons (Fsp3) is 0.412. The average Bonchev–Trinajstić information content (AvgIpc) is 3.06. The molecule has 0 aliphatic carbocycles. The van der Waals surface area contributed by atoms with Gasteiger partial charge in [0, 0.05) is 37.8 Å². The first kappa shape index (κ1) is 18.4. The van der Waals surface area contributed by atoms with Gasteiger partial charge >= 0.3 is 0 Å². The highest BCUT2D eigenvalue weighted by Gasteiger charge is 2.18. The molecule has 0 spiro atoms. The number of aryl methyl sites for hydroxylation is 1. The van der Waals surface area contributed by atoms with Crippen molar-refractivity contribution < 1.29 is 13.2 Å². The smallest absolute Gasteiger partial charge is 0.240 e. The molecule has 0 saturated heterocycles. The standard InChI is InChI=1S/C17H23N5O3S/c1-3-18-17-21-12(2)10-16(22-17)19-7-8-20-26(23,24)14-4-5-15-13(11-14)6-9-25-15/h4-5,10-11,20H,3,6-9H2,1-2H3,(H2,18,19,21,22). The molecule has 1 aromatic heterocycles. The summed E-state index contributed by atoms with van der Waals surface area (Å²) in [6, 6.07) is 6.77. The lowest BCUT2D eigenvalue weighted by atomic mass is 10.2. The number of nitrogens with zero attached hydrogens (tertiary/aromatic N) is 2. The van der Waals surface area contributed by atoms with Gasteiger partial charge in [-0.2, -0.15) is 4.98 Å². The van der Waals surface area contributed by atoms with E-state index in [9.17, 15) is 8.42 Å². The fourth-order valence-corrected chi connectivity index (χ4v) is 3.77. The Morgan fingerprint density at radius 3 is 2.81 bits per heavy atom. The number of hydrogen-bond acceptors (Lipinski definition) is 7. The molecule has 0 atom stereocenters. The van der Waals surface area contributed by atoms with E-state index in [-0.39, 0.29) is 11.4 Å². The molecule has 0 radical (unpaired) electrons. The second-order valence-electron chi connectivity index (χ2n) is 5.94. The molecule has 0 unspecified atom stereocenters. The Bertz CT molecular complexity index is 886. The van der Waals surface area contributed by atoms with Crippen LogP contribution in [0.25, 0.3) is 0 Å². The monoisotopic (exact) mass is 377 g/mol. The van der Waals surface area contributed by atoms with Crippen molar-refractivity contribution in [3.63, 3.8) is 0 Å². The maximum absolute atomic E-state index is 12.4. The number of sulfonamides is 1. The average molecular weight is 377 g/mol. The molecule has 3 N–H and O–H groups in total. The SMILES string of the molecule is CCNc1nc(C)cc(NCCNS(=O)(=O)c2ccc3c(c2)CCO3)n1. The van der Waals surface area contributed by atoms with Crippen LogP contribution in [0.15, 0.2) is 29.2 Å². The molecule has 9 heteroatoms. The van der Waals surface area contributed by atoms with Gasteiger partial charge in [0.1, 0.15) is 11.6 Å². The van der Waals surface area contributed by atoms with Crippen LogP contribution >= 0.6 is 0 Å². The van der Waals surface area contributed by atoms with Gasteiger partial charge in [-0.1, -0.05) is 0 Å². The van der Waals surface area contributed by atoms with E-state index in [1.165, 1.54) is 0 Å². The van der Waals surface area contributed by atoms with E-state index >= 15 is 0 Å². The number of ether oxygens (including phenoxy) is 1. The van der Waals surface area contributed by atoms with Crippen LogP contribution in [0.1, 0.15) is 18.2 Å². The van der Waals surface area contributed by atoms with E-state index in [1.807, 2.05) is 19.9 Å². The van der Waals surface area contributed by atoms with E-state index < -0.39 is 10.0 Å². The topological polar surface area (TPSA) is 105 Å². The third-order valence-corrected chi connectivity index (χ3v) is 5.34. The zero-order valence-corrected chi connectivity index (χ0v) is 15.7. The fourth-order valence-electron chi connectivity index (χ4n) is 2.69. The van der Waals surface area contributed by atoms with E-state index in [0.29, 0.717) is 24.9 Å². The van der Waals surface area contributed by atoms with Crippen molar-refractivity contribution in [2.75, 3.05) is 36.9 Å². The second-order valence-corrected chi connectivity index (χ2v) is 7.71. The van der Waals surface area contributed by atoms with Crippen molar-refractivity contribution in [2.24, 2.45) is 0 Å². The van der Waals surface area contributed by atoms with Crippen LogP contribution in [0.3, 0.4) is 0 Å². The Morgan fingerprint density at radius 1 is 1.15 bits per heavy atom. The van der Waals surface area contributed by atoms with Crippen LogP contribution in [0.5, 0.6) is 5.75 Å². The molecule has 0 bridgehead atoms. The van der Waals surface area contributed by atoms with Crippen LogP contribution in [-0.2, 0) is 16.4 Å². The van der Waals surface area contributed by atoms with Crippen molar-refractivity contribution in [1.29, 1.82) is 0 Å². The molecule has 2 heterocycles. The summed E-state index contributed by atoms with van der Waals surface area (Å²) in [5.41, 5.74) is 1.76. The number of benzene rings is 1. The molecular weight excluding hydrogens is 354 g/mol. The number of fused-ring (bicyclic) bond motifs is 1. The van der Waals surface area contributed by atoms with Crippen molar-refractivity contribution in [3.8, 4) is 5.75 Å². The molecule has 1 aromatic carbocycles. The predicted octanol–water partition coefficient (Wildman–Crippen LogP) is 1.54. The lowest BCUT2D eigenvalue weighted by Crippen LogP contribution is -2.29. The Hall–Kier alpha value is -2.39. The van der Waals surface area contributed by atoms with Crippen LogP contribution in [0, 0.1) is 6.92 Å². The number of rotatable bonds is 8. The third-order valence-electron chi connectivity index (χ3n) is 3.88. The Morgan fingerprint density at radius 2 is 2.00 bits per heavy atom. The molecule has 140 valence electrons. The lowest BCUT2D eigenvalue weighted by molar-refractivity contribution is 0.356. The summed E-state index contributed by atoms with van der Waals surface area (Å²) in [5.74, 6) is 1.97. The highest BCUT2D eigenvalue weighted by Crippen LogP contribution is 2.27. The van der Waals surface area contributed by atoms with E-state index in [4.69, 9.17) is 4.74 Å². The normalized spacial score (nSPS) is 13.2. The maximum Gasteiger partial charge on any atom is 0.240 e. The number of hydrogen-bond donors (Lipinski definition) is 3. The van der Waals surface area contributed by atoms with Crippen molar-refractivity contribution in [3.05, 3.63) is 35.5 Å². The van der Waals surface area contributed by atoms with Gasteiger partial charge in [-0.3, -0.25) is 0 Å². The lowest BCUT2D eigenvalue weighted by Gasteiger charge is -2.11. The van der Waals surface area contributed by atoms with E-state index in [2.05, 4.69) is 25.3 Å². The van der Waals surface area contributed by atoms with Crippen LogP contribution in [0.2, 0.25) is 0 Å². The number of anilines is 2. The Labute approximate surface area is 153 Å². The van der Waals surface area contributed by atoms with Crippen molar-refractivity contribution in [1.82, 2.24) is 14.7 Å². The van der Waals surface area contributed by atoms with Gasteiger partial charge in [0.2, 0.25) is 16.0 Å². The Balaban J connectivity index is 1.56.